The molecule has 192 valence electrons. The Kier molecular flexibility index (Phi) is 6.75. The van der Waals surface area contributed by atoms with Crippen molar-refractivity contribution in [3.63, 3.8) is 0 Å². The number of piperidine rings is 2. The number of amides is 3. The van der Waals surface area contributed by atoms with Gasteiger partial charge in [0.05, 0.1) is 12.9 Å². The van der Waals surface area contributed by atoms with Gasteiger partial charge in [-0.3, -0.25) is 14.4 Å². The second kappa shape index (κ2) is 9.97. The first kappa shape index (κ1) is 24.4. The Morgan fingerprint density at radius 2 is 1.72 bits per heavy atom. The largest absolute Gasteiger partial charge is 0.459 e. The van der Waals surface area contributed by atoms with Crippen LogP contribution in [0.15, 0.2) is 53.1 Å². The Morgan fingerprint density at radius 3 is 2.36 bits per heavy atom. The fraction of sp³-hybridized carbons (Fsp3) is 0.519. The summed E-state index contributed by atoms with van der Waals surface area (Å²) in [6.07, 6.45) is 4.40. The minimum atomic E-state index is -0.770. The van der Waals surface area contributed by atoms with E-state index >= 15 is 0 Å². The lowest BCUT2D eigenvalue weighted by atomic mass is 9.85. The Hall–Kier alpha value is -3.33. The predicted octanol–water partition coefficient (Wildman–Crippen LogP) is 2.11. The summed E-state index contributed by atoms with van der Waals surface area (Å²) < 4.78 is 5.29. The number of rotatable bonds is 5. The first-order valence-electron chi connectivity index (χ1n) is 12.8. The van der Waals surface area contributed by atoms with Crippen molar-refractivity contribution in [3.05, 3.63) is 54.5 Å². The summed E-state index contributed by atoms with van der Waals surface area (Å²) in [5.74, 6) is 0.112. The molecule has 0 radical (unpaired) electrons. The van der Waals surface area contributed by atoms with Gasteiger partial charge < -0.3 is 28.9 Å². The maximum Gasteiger partial charge on any atom is 0.289 e. The number of hydrogen-bond acceptors (Lipinski definition) is 6. The standard InChI is InChI=1S/C27H35N5O4/c1-28-14-10-21(11-15-28)29(2)24(33)19-31-20-32(22-7-4-3-5-8-22)27(26(31)35)12-16-30(17-13-27)25(34)23-9-6-18-36-23/h3-9,18,21H,10-17,19-20H2,1-2H3. The van der Waals surface area contributed by atoms with Crippen molar-refractivity contribution in [1.29, 1.82) is 0 Å². The Morgan fingerprint density at radius 1 is 1.03 bits per heavy atom. The van der Waals surface area contributed by atoms with Crippen LogP contribution in [0.5, 0.6) is 0 Å². The fourth-order valence-corrected chi connectivity index (χ4v) is 5.82. The predicted molar refractivity (Wildman–Crippen MR) is 135 cm³/mol. The van der Waals surface area contributed by atoms with E-state index in [0.717, 1.165) is 31.6 Å². The quantitative estimate of drug-likeness (QED) is 0.635. The number of likely N-dealkylation sites (N-methyl/N-ethyl adjacent to an activating group) is 1. The molecule has 0 atom stereocenters. The number of carbonyl (C=O) groups is 3. The normalized spacial score (nSPS) is 20.8. The molecule has 0 N–H and O–H groups in total. The van der Waals surface area contributed by atoms with E-state index in [2.05, 4.69) is 16.8 Å². The number of carbonyl (C=O) groups excluding carboxylic acids is 3. The maximum absolute atomic E-state index is 13.9. The smallest absolute Gasteiger partial charge is 0.289 e. The van der Waals surface area contributed by atoms with Crippen molar-refractivity contribution >= 4 is 23.4 Å². The summed E-state index contributed by atoms with van der Waals surface area (Å²) in [5.41, 5.74) is 0.184. The molecule has 3 aliphatic heterocycles. The highest BCUT2D eigenvalue weighted by atomic mass is 16.3. The van der Waals surface area contributed by atoms with Crippen LogP contribution in [0.3, 0.4) is 0 Å². The highest BCUT2D eigenvalue weighted by Gasteiger charge is 2.54. The van der Waals surface area contributed by atoms with Gasteiger partial charge in [0.25, 0.3) is 11.8 Å². The molecule has 0 saturated carbocycles. The average Bonchev–Trinajstić information content (AvgIpc) is 3.53. The molecule has 0 bridgehead atoms. The number of anilines is 1. The van der Waals surface area contributed by atoms with Gasteiger partial charge in [0.15, 0.2) is 5.76 Å². The molecule has 2 aromatic rings. The van der Waals surface area contributed by atoms with Crippen molar-refractivity contribution in [2.75, 3.05) is 58.4 Å². The van der Waals surface area contributed by atoms with E-state index in [0.29, 0.717) is 38.4 Å². The third-order valence-corrected chi connectivity index (χ3v) is 8.15. The van der Waals surface area contributed by atoms with Gasteiger partial charge in [0.1, 0.15) is 12.1 Å². The molecular weight excluding hydrogens is 458 g/mol. The Labute approximate surface area is 212 Å². The topological polar surface area (TPSA) is 80.6 Å². The summed E-state index contributed by atoms with van der Waals surface area (Å²) in [6, 6.07) is 13.5. The van der Waals surface area contributed by atoms with E-state index in [1.165, 1.54) is 6.26 Å². The van der Waals surface area contributed by atoms with Crippen molar-refractivity contribution in [2.24, 2.45) is 0 Å². The fourth-order valence-electron chi connectivity index (χ4n) is 5.82. The molecule has 1 aromatic heterocycles. The van der Waals surface area contributed by atoms with E-state index in [9.17, 15) is 14.4 Å². The number of furan rings is 1. The van der Waals surface area contributed by atoms with Crippen LogP contribution in [0.1, 0.15) is 36.2 Å². The molecule has 0 aliphatic carbocycles. The highest BCUT2D eigenvalue weighted by Crippen LogP contribution is 2.39. The second-order valence-electron chi connectivity index (χ2n) is 10.2. The molecule has 1 spiro atoms. The summed E-state index contributed by atoms with van der Waals surface area (Å²) in [4.78, 5) is 49.7. The number of para-hydroxylation sites is 1. The van der Waals surface area contributed by atoms with Crippen molar-refractivity contribution in [1.82, 2.24) is 19.6 Å². The van der Waals surface area contributed by atoms with Crippen LogP contribution in [0.2, 0.25) is 0 Å². The van der Waals surface area contributed by atoms with Gasteiger partial charge in [0, 0.05) is 31.9 Å². The minimum absolute atomic E-state index is 0.0200. The summed E-state index contributed by atoms with van der Waals surface area (Å²) in [5, 5.41) is 0. The van der Waals surface area contributed by atoms with Gasteiger partial charge in [-0.1, -0.05) is 18.2 Å². The van der Waals surface area contributed by atoms with Crippen LogP contribution in [-0.4, -0.2) is 102 Å². The number of hydrogen-bond donors (Lipinski definition) is 0. The third-order valence-electron chi connectivity index (χ3n) is 8.15. The van der Waals surface area contributed by atoms with E-state index in [4.69, 9.17) is 4.42 Å². The van der Waals surface area contributed by atoms with Gasteiger partial charge in [-0.25, -0.2) is 0 Å². The average molecular weight is 494 g/mol. The van der Waals surface area contributed by atoms with E-state index in [-0.39, 0.29) is 30.3 Å². The highest BCUT2D eigenvalue weighted by molar-refractivity contribution is 5.97. The van der Waals surface area contributed by atoms with Gasteiger partial charge in [-0.2, -0.15) is 0 Å². The van der Waals surface area contributed by atoms with Crippen molar-refractivity contribution < 1.29 is 18.8 Å². The first-order valence-corrected chi connectivity index (χ1v) is 12.8. The molecule has 0 unspecified atom stereocenters. The van der Waals surface area contributed by atoms with Gasteiger partial charge in [0.2, 0.25) is 5.91 Å². The number of likely N-dealkylation sites (tertiary alicyclic amines) is 2. The van der Waals surface area contributed by atoms with Crippen molar-refractivity contribution in [2.45, 2.75) is 37.3 Å². The monoisotopic (exact) mass is 493 g/mol. The number of nitrogens with zero attached hydrogens (tertiary/aromatic N) is 5. The molecule has 9 heteroatoms. The molecule has 36 heavy (non-hydrogen) atoms. The lowest BCUT2D eigenvalue weighted by molar-refractivity contribution is -0.141. The lowest BCUT2D eigenvalue weighted by Gasteiger charge is -2.43. The van der Waals surface area contributed by atoms with Gasteiger partial charge in [-0.05, 0) is 70.1 Å². The molecule has 3 aliphatic rings. The molecule has 4 heterocycles. The lowest BCUT2D eigenvalue weighted by Crippen LogP contribution is -2.57. The van der Waals surface area contributed by atoms with Crippen LogP contribution >= 0.6 is 0 Å². The zero-order valence-electron chi connectivity index (χ0n) is 21.1. The molecule has 3 saturated heterocycles. The van der Waals surface area contributed by atoms with Crippen LogP contribution in [-0.2, 0) is 9.59 Å². The molecule has 9 nitrogen and oxygen atoms in total. The van der Waals surface area contributed by atoms with E-state index in [1.807, 2.05) is 42.3 Å². The van der Waals surface area contributed by atoms with Gasteiger partial charge >= 0.3 is 0 Å². The summed E-state index contributed by atoms with van der Waals surface area (Å²) in [6.45, 7) is 3.29. The van der Waals surface area contributed by atoms with Crippen LogP contribution < -0.4 is 4.90 Å². The minimum Gasteiger partial charge on any atom is -0.459 e. The van der Waals surface area contributed by atoms with E-state index in [1.54, 1.807) is 21.9 Å². The third kappa shape index (κ3) is 4.48. The molecule has 3 fully saturated rings. The summed E-state index contributed by atoms with van der Waals surface area (Å²) in [7, 11) is 3.97. The zero-order chi connectivity index (χ0) is 25.3. The molecular formula is C27H35N5O4. The van der Waals surface area contributed by atoms with Gasteiger partial charge in [-0.15, -0.1) is 0 Å². The van der Waals surface area contributed by atoms with Crippen molar-refractivity contribution in [3.8, 4) is 0 Å². The first-order chi connectivity index (χ1) is 17.4. The van der Waals surface area contributed by atoms with Crippen LogP contribution in [0.25, 0.3) is 0 Å². The van der Waals surface area contributed by atoms with E-state index < -0.39 is 5.54 Å². The second-order valence-corrected chi connectivity index (χ2v) is 10.2. The Balaban J connectivity index is 1.32. The maximum atomic E-state index is 13.9. The number of benzene rings is 1. The van der Waals surface area contributed by atoms with Crippen LogP contribution in [0, 0.1) is 0 Å². The SMILES string of the molecule is CN1CCC(N(C)C(=O)CN2CN(c3ccccc3)C3(CCN(C(=O)c4ccco4)CC3)C2=O)CC1. The Bertz CT molecular complexity index is 1070. The molecule has 3 amide bonds. The summed E-state index contributed by atoms with van der Waals surface area (Å²) >= 11 is 0. The van der Waals surface area contributed by atoms with Crippen LogP contribution in [0.4, 0.5) is 5.69 Å². The molecule has 5 rings (SSSR count). The molecule has 1 aromatic carbocycles. The zero-order valence-corrected chi connectivity index (χ0v) is 21.1.